The number of rotatable bonds is 3. The molecule has 2 nitrogen and oxygen atoms in total. The fourth-order valence-corrected chi connectivity index (χ4v) is 4.89. The van der Waals surface area contributed by atoms with E-state index in [-0.39, 0.29) is 11.3 Å². The highest BCUT2D eigenvalue weighted by molar-refractivity contribution is 5.95. The van der Waals surface area contributed by atoms with Crippen molar-refractivity contribution in [3.05, 3.63) is 102 Å². The number of phenols is 1. The Kier molecular flexibility index (Phi) is 4.59. The van der Waals surface area contributed by atoms with E-state index in [1.165, 1.54) is 10.9 Å². The largest absolute Gasteiger partial charge is 0.508 e. The van der Waals surface area contributed by atoms with Gasteiger partial charge in [0.1, 0.15) is 5.75 Å². The first-order valence-corrected chi connectivity index (χ1v) is 10.8. The molecular weight excluding hydrogens is 378 g/mol. The summed E-state index contributed by atoms with van der Waals surface area (Å²) < 4.78 is 0. The summed E-state index contributed by atoms with van der Waals surface area (Å²) in [5.41, 5.74) is 5.49. The summed E-state index contributed by atoms with van der Waals surface area (Å²) in [4.78, 5) is 3.69. The fraction of sp³-hybridized carbons (Fsp3) is 0.172. The van der Waals surface area contributed by atoms with E-state index in [9.17, 15) is 5.11 Å². The van der Waals surface area contributed by atoms with Gasteiger partial charge in [-0.15, -0.1) is 0 Å². The Morgan fingerprint density at radius 2 is 1.32 bits per heavy atom. The lowest BCUT2D eigenvalue weighted by molar-refractivity contribution is 0.351. The quantitative estimate of drug-likeness (QED) is 0.315. The third kappa shape index (κ3) is 3.29. The van der Waals surface area contributed by atoms with Crippen LogP contribution in [0.5, 0.6) is 5.75 Å². The fourth-order valence-electron chi connectivity index (χ4n) is 4.89. The number of hydrogen-bond acceptors (Lipinski definition) is 1. The zero-order chi connectivity index (χ0) is 21.6. The van der Waals surface area contributed by atoms with Crippen LogP contribution in [0.15, 0.2) is 91.0 Å². The second kappa shape index (κ2) is 7.31. The average Bonchev–Trinajstić information content (AvgIpc) is 3.14. The van der Waals surface area contributed by atoms with Gasteiger partial charge in [-0.05, 0) is 39.4 Å². The first kappa shape index (κ1) is 19.4. The molecule has 1 aromatic heterocycles. The first-order chi connectivity index (χ1) is 14.9. The van der Waals surface area contributed by atoms with Crippen molar-refractivity contribution in [3.63, 3.8) is 0 Å². The standard InChI is InChI=1S/C29H27NO/c1-29(2,3)27(25-21-14-8-7-11-19(21)17-18-24(25)31)26-22-15-9-10-16-23(22)30-28(26)20-12-5-4-6-13-20/h4-18,27,30-31H,1-3H3/t27-/m0/s1. The smallest absolute Gasteiger partial charge is 0.120 e. The number of nitrogens with one attached hydrogen (secondary N) is 1. The minimum atomic E-state index is -0.129. The number of aromatic nitrogens is 1. The van der Waals surface area contributed by atoms with E-state index in [0.29, 0.717) is 5.75 Å². The Morgan fingerprint density at radius 3 is 2.06 bits per heavy atom. The lowest BCUT2D eigenvalue weighted by Crippen LogP contribution is -2.20. The van der Waals surface area contributed by atoms with Crippen molar-refractivity contribution in [2.24, 2.45) is 5.41 Å². The highest BCUT2D eigenvalue weighted by Gasteiger charge is 2.35. The molecule has 0 radical (unpaired) electrons. The van der Waals surface area contributed by atoms with Gasteiger partial charge in [0.05, 0.1) is 5.69 Å². The zero-order valence-electron chi connectivity index (χ0n) is 18.2. The maximum atomic E-state index is 11.2. The van der Waals surface area contributed by atoms with Crippen LogP contribution in [0.2, 0.25) is 0 Å². The van der Waals surface area contributed by atoms with E-state index >= 15 is 0 Å². The van der Waals surface area contributed by atoms with Crippen molar-refractivity contribution in [2.45, 2.75) is 26.7 Å². The first-order valence-electron chi connectivity index (χ1n) is 10.8. The molecule has 0 spiro atoms. The Labute approximate surface area is 183 Å². The SMILES string of the molecule is CC(C)(C)[C@@H](c1c(O)ccc2ccccc12)c1c(-c2ccccc2)[nH]c2ccccc12. The van der Waals surface area contributed by atoms with Crippen LogP contribution in [0.4, 0.5) is 0 Å². The normalized spacial score (nSPS) is 13.0. The Balaban J connectivity index is 1.91. The molecule has 31 heavy (non-hydrogen) atoms. The van der Waals surface area contributed by atoms with E-state index in [1.807, 2.05) is 18.2 Å². The molecule has 0 aliphatic heterocycles. The van der Waals surface area contributed by atoms with Gasteiger partial charge < -0.3 is 10.1 Å². The minimum absolute atomic E-state index is 0.00930. The summed E-state index contributed by atoms with van der Waals surface area (Å²) in [7, 11) is 0. The maximum Gasteiger partial charge on any atom is 0.120 e. The van der Waals surface area contributed by atoms with Crippen LogP contribution in [0.25, 0.3) is 32.9 Å². The minimum Gasteiger partial charge on any atom is -0.508 e. The van der Waals surface area contributed by atoms with Gasteiger partial charge in [-0.25, -0.2) is 0 Å². The molecule has 0 saturated carbocycles. The van der Waals surface area contributed by atoms with Crippen LogP contribution in [-0.2, 0) is 0 Å². The molecule has 0 aliphatic rings. The molecular formula is C29H27NO. The summed E-state index contributed by atoms with van der Waals surface area (Å²) in [5.74, 6) is 0.341. The molecule has 0 unspecified atom stereocenters. The van der Waals surface area contributed by atoms with Crippen molar-refractivity contribution in [1.82, 2.24) is 4.98 Å². The van der Waals surface area contributed by atoms with Gasteiger partial charge in [-0.3, -0.25) is 0 Å². The van der Waals surface area contributed by atoms with Gasteiger partial charge in [-0.1, -0.05) is 99.6 Å². The molecule has 1 heterocycles. The molecule has 2 heteroatoms. The second-order valence-corrected chi connectivity index (χ2v) is 9.34. The van der Waals surface area contributed by atoms with Crippen molar-refractivity contribution < 1.29 is 5.11 Å². The van der Waals surface area contributed by atoms with Crippen LogP contribution in [0, 0.1) is 5.41 Å². The number of aromatic amines is 1. The number of para-hydroxylation sites is 1. The van der Waals surface area contributed by atoms with E-state index < -0.39 is 0 Å². The lowest BCUT2D eigenvalue weighted by atomic mass is 9.70. The maximum absolute atomic E-state index is 11.2. The van der Waals surface area contributed by atoms with Gasteiger partial charge in [0.25, 0.3) is 0 Å². The third-order valence-corrected chi connectivity index (χ3v) is 6.20. The van der Waals surface area contributed by atoms with Gasteiger partial charge in [-0.2, -0.15) is 0 Å². The van der Waals surface area contributed by atoms with Crippen LogP contribution in [0.3, 0.4) is 0 Å². The number of benzene rings is 4. The average molecular weight is 406 g/mol. The van der Waals surface area contributed by atoms with Crippen molar-refractivity contribution in [3.8, 4) is 17.0 Å². The summed E-state index contributed by atoms with van der Waals surface area (Å²) in [5, 5.41) is 14.6. The van der Waals surface area contributed by atoms with Crippen LogP contribution in [-0.4, -0.2) is 10.1 Å². The van der Waals surface area contributed by atoms with Gasteiger partial charge >= 0.3 is 0 Å². The predicted molar refractivity (Wildman–Crippen MR) is 131 cm³/mol. The molecule has 154 valence electrons. The molecule has 0 amide bonds. The third-order valence-electron chi connectivity index (χ3n) is 6.20. The molecule has 0 fully saturated rings. The number of hydrogen-bond donors (Lipinski definition) is 2. The molecule has 1 atom stereocenters. The highest BCUT2D eigenvalue weighted by Crippen LogP contribution is 2.51. The van der Waals surface area contributed by atoms with E-state index in [1.54, 1.807) is 0 Å². The van der Waals surface area contributed by atoms with Crippen molar-refractivity contribution in [2.75, 3.05) is 0 Å². The number of phenolic OH excluding ortho intramolecular Hbond substituents is 1. The van der Waals surface area contributed by atoms with Crippen molar-refractivity contribution >= 4 is 21.7 Å². The topological polar surface area (TPSA) is 36.0 Å². The monoisotopic (exact) mass is 405 g/mol. The molecule has 4 aromatic carbocycles. The molecule has 0 bridgehead atoms. The highest BCUT2D eigenvalue weighted by atomic mass is 16.3. The number of fused-ring (bicyclic) bond motifs is 2. The van der Waals surface area contributed by atoms with Crippen molar-refractivity contribution in [1.29, 1.82) is 0 Å². The van der Waals surface area contributed by atoms with Crippen LogP contribution < -0.4 is 0 Å². The predicted octanol–water partition coefficient (Wildman–Crippen LogP) is 7.87. The Morgan fingerprint density at radius 1 is 0.677 bits per heavy atom. The molecule has 0 saturated heterocycles. The van der Waals surface area contributed by atoms with Gasteiger partial charge in [0, 0.05) is 22.4 Å². The van der Waals surface area contributed by atoms with Gasteiger partial charge in [0.2, 0.25) is 0 Å². The Hall–Kier alpha value is -3.52. The van der Waals surface area contributed by atoms with E-state index in [4.69, 9.17) is 0 Å². The number of H-pyrrole nitrogens is 1. The summed E-state index contributed by atoms with van der Waals surface area (Å²) >= 11 is 0. The molecule has 0 aliphatic carbocycles. The van der Waals surface area contributed by atoms with E-state index in [0.717, 1.165) is 33.1 Å². The summed E-state index contributed by atoms with van der Waals surface area (Å²) in [6.45, 7) is 6.78. The Bertz CT molecular complexity index is 1370. The van der Waals surface area contributed by atoms with Crippen LogP contribution >= 0.6 is 0 Å². The molecule has 5 rings (SSSR count). The van der Waals surface area contributed by atoms with E-state index in [2.05, 4.69) is 98.6 Å². The van der Waals surface area contributed by atoms with Gasteiger partial charge in [0.15, 0.2) is 0 Å². The zero-order valence-corrected chi connectivity index (χ0v) is 18.2. The summed E-state index contributed by atoms with van der Waals surface area (Å²) in [6.07, 6.45) is 0. The lowest BCUT2D eigenvalue weighted by Gasteiger charge is -2.33. The second-order valence-electron chi connectivity index (χ2n) is 9.34. The molecule has 2 N–H and O–H groups in total. The molecule has 5 aromatic rings. The summed E-state index contributed by atoms with van der Waals surface area (Å²) in [6, 6.07) is 31.2. The number of aromatic hydroxyl groups is 1. The van der Waals surface area contributed by atoms with Crippen LogP contribution in [0.1, 0.15) is 37.8 Å².